The lowest BCUT2D eigenvalue weighted by molar-refractivity contribution is -0.123. The predicted molar refractivity (Wildman–Crippen MR) is 119 cm³/mol. The van der Waals surface area contributed by atoms with Crippen molar-refractivity contribution in [3.63, 3.8) is 0 Å². The normalized spacial score (nSPS) is 15.3. The Balaban J connectivity index is 1.41. The number of benzene rings is 2. The number of hydrogen-bond donors (Lipinski definition) is 2. The van der Waals surface area contributed by atoms with Gasteiger partial charge in [0.25, 0.3) is 5.91 Å². The Hall–Kier alpha value is -3.52. The van der Waals surface area contributed by atoms with Crippen molar-refractivity contribution in [2.24, 2.45) is 0 Å². The molecule has 8 nitrogen and oxygen atoms in total. The van der Waals surface area contributed by atoms with Crippen molar-refractivity contribution < 1.29 is 28.7 Å². The zero-order valence-electron chi connectivity index (χ0n) is 17.6. The Labute approximate surface area is 194 Å². The molecule has 2 aliphatic carbocycles. The van der Waals surface area contributed by atoms with Crippen molar-refractivity contribution in [3.8, 4) is 0 Å². The molecule has 2 aromatic rings. The van der Waals surface area contributed by atoms with E-state index in [0.29, 0.717) is 0 Å². The summed E-state index contributed by atoms with van der Waals surface area (Å²) in [5.74, 6) is -2.60. The number of carbonyl (C=O) groups excluding carboxylic acids is 5. The largest absolute Gasteiger partial charge is 0.452 e. The van der Waals surface area contributed by atoms with Gasteiger partial charge in [-0.2, -0.15) is 0 Å². The molecule has 33 heavy (non-hydrogen) atoms. The molecule has 4 rings (SSSR count). The Kier molecular flexibility index (Phi) is 6.55. The molecule has 9 heteroatoms. The first-order chi connectivity index (χ1) is 15.9. The molecule has 2 aromatic carbocycles. The van der Waals surface area contributed by atoms with E-state index in [-0.39, 0.29) is 44.7 Å². The van der Waals surface area contributed by atoms with Crippen LogP contribution in [0.5, 0.6) is 0 Å². The molecule has 1 saturated carbocycles. The topological polar surface area (TPSA) is 119 Å². The van der Waals surface area contributed by atoms with Crippen LogP contribution >= 0.6 is 11.6 Å². The number of imide groups is 1. The molecule has 3 amide bonds. The Morgan fingerprint density at radius 1 is 0.909 bits per heavy atom. The lowest BCUT2D eigenvalue weighted by Gasteiger charge is -2.22. The molecule has 2 aliphatic rings. The molecule has 1 fully saturated rings. The molecule has 0 aromatic heterocycles. The van der Waals surface area contributed by atoms with E-state index in [1.54, 1.807) is 18.2 Å². The van der Waals surface area contributed by atoms with Crippen LogP contribution in [0, 0.1) is 0 Å². The van der Waals surface area contributed by atoms with Gasteiger partial charge in [0.05, 0.1) is 16.1 Å². The highest BCUT2D eigenvalue weighted by atomic mass is 35.5. The van der Waals surface area contributed by atoms with E-state index in [1.165, 1.54) is 18.2 Å². The van der Waals surface area contributed by atoms with E-state index < -0.39 is 30.3 Å². The number of ketones is 2. The van der Waals surface area contributed by atoms with Gasteiger partial charge >= 0.3 is 12.0 Å². The van der Waals surface area contributed by atoms with Gasteiger partial charge in [0.2, 0.25) is 0 Å². The van der Waals surface area contributed by atoms with Crippen LogP contribution in [0.25, 0.3) is 0 Å². The average Bonchev–Trinajstić information content (AvgIpc) is 2.81. The second-order valence-corrected chi connectivity index (χ2v) is 8.36. The maximum atomic E-state index is 12.9. The minimum Gasteiger partial charge on any atom is -0.452 e. The number of rotatable bonds is 4. The Bertz CT molecular complexity index is 1170. The lowest BCUT2D eigenvalue weighted by atomic mass is 9.83. The Morgan fingerprint density at radius 2 is 1.58 bits per heavy atom. The highest BCUT2D eigenvalue weighted by Crippen LogP contribution is 2.34. The van der Waals surface area contributed by atoms with Gasteiger partial charge in [0.15, 0.2) is 18.2 Å². The van der Waals surface area contributed by atoms with Crippen LogP contribution in [0.2, 0.25) is 5.02 Å². The second kappa shape index (κ2) is 9.54. The van der Waals surface area contributed by atoms with Crippen molar-refractivity contribution in [2.45, 2.75) is 38.1 Å². The summed E-state index contributed by atoms with van der Waals surface area (Å²) in [6.45, 7) is -0.708. The monoisotopic (exact) mass is 468 g/mol. The molecule has 0 spiro atoms. The van der Waals surface area contributed by atoms with Gasteiger partial charge in [0.1, 0.15) is 0 Å². The summed E-state index contributed by atoms with van der Waals surface area (Å²) in [4.78, 5) is 62.1. The number of urea groups is 1. The molecule has 0 unspecified atom stereocenters. The minimum atomic E-state index is -0.954. The third kappa shape index (κ3) is 4.66. The van der Waals surface area contributed by atoms with Gasteiger partial charge in [-0.3, -0.25) is 19.7 Å². The third-order valence-electron chi connectivity index (χ3n) is 5.78. The van der Waals surface area contributed by atoms with Gasteiger partial charge in [-0.15, -0.1) is 0 Å². The first-order valence-corrected chi connectivity index (χ1v) is 11.0. The summed E-state index contributed by atoms with van der Waals surface area (Å²) in [6, 6.07) is 8.35. The fourth-order valence-electron chi connectivity index (χ4n) is 4.14. The van der Waals surface area contributed by atoms with Crippen LogP contribution in [0.1, 0.15) is 74.3 Å². The number of nitrogens with one attached hydrogen (secondary N) is 2. The van der Waals surface area contributed by atoms with Crippen molar-refractivity contribution in [2.75, 3.05) is 6.61 Å². The van der Waals surface area contributed by atoms with Gasteiger partial charge < -0.3 is 10.1 Å². The molecule has 170 valence electrons. The van der Waals surface area contributed by atoms with Crippen LogP contribution in [-0.2, 0) is 9.53 Å². The van der Waals surface area contributed by atoms with Gasteiger partial charge in [-0.05, 0) is 25.0 Å². The zero-order valence-corrected chi connectivity index (χ0v) is 18.4. The second-order valence-electron chi connectivity index (χ2n) is 7.99. The quantitative estimate of drug-likeness (QED) is 0.566. The zero-order chi connectivity index (χ0) is 23.5. The molecule has 0 radical (unpaired) electrons. The van der Waals surface area contributed by atoms with Gasteiger partial charge in [-0.1, -0.05) is 55.1 Å². The molecule has 0 saturated heterocycles. The molecule has 2 N–H and O–H groups in total. The van der Waals surface area contributed by atoms with E-state index in [1.807, 2.05) is 0 Å². The minimum absolute atomic E-state index is 0.0220. The molecule has 0 bridgehead atoms. The highest BCUT2D eigenvalue weighted by molar-refractivity contribution is 6.41. The predicted octanol–water partition coefficient (Wildman–Crippen LogP) is 3.43. The van der Waals surface area contributed by atoms with Crippen molar-refractivity contribution in [1.29, 1.82) is 0 Å². The molecular formula is C24H21ClN2O6. The summed E-state index contributed by atoms with van der Waals surface area (Å²) in [7, 11) is 0. The highest BCUT2D eigenvalue weighted by Gasteiger charge is 2.33. The van der Waals surface area contributed by atoms with Crippen LogP contribution < -0.4 is 10.6 Å². The van der Waals surface area contributed by atoms with E-state index >= 15 is 0 Å². The van der Waals surface area contributed by atoms with Crippen molar-refractivity contribution in [1.82, 2.24) is 10.6 Å². The average molecular weight is 469 g/mol. The number of halogens is 1. The number of ether oxygens (including phenoxy) is 1. The maximum Gasteiger partial charge on any atom is 0.340 e. The Morgan fingerprint density at radius 3 is 2.27 bits per heavy atom. The van der Waals surface area contributed by atoms with E-state index in [2.05, 4.69) is 10.6 Å². The molecule has 0 atom stereocenters. The van der Waals surface area contributed by atoms with Crippen molar-refractivity contribution >= 4 is 41.1 Å². The molecule has 0 heterocycles. The fraction of sp³-hybridized carbons (Fsp3) is 0.292. The first-order valence-electron chi connectivity index (χ1n) is 10.6. The molecular weight excluding hydrogens is 448 g/mol. The SMILES string of the molecule is O=C(COC(=O)c1ccc2c(c1Cl)C(=O)c1ccccc1C2=O)NC(=O)NC1CCCCC1. The van der Waals surface area contributed by atoms with E-state index in [0.717, 1.165) is 32.1 Å². The molecule has 0 aliphatic heterocycles. The van der Waals surface area contributed by atoms with E-state index in [4.69, 9.17) is 16.3 Å². The van der Waals surface area contributed by atoms with Gasteiger partial charge in [0, 0.05) is 22.7 Å². The van der Waals surface area contributed by atoms with Crippen LogP contribution in [0.4, 0.5) is 4.79 Å². The van der Waals surface area contributed by atoms with Gasteiger partial charge in [-0.25, -0.2) is 9.59 Å². The summed E-state index contributed by atoms with van der Waals surface area (Å²) in [6.07, 6.45) is 4.90. The van der Waals surface area contributed by atoms with E-state index in [9.17, 15) is 24.0 Å². The summed E-state index contributed by atoms with van der Waals surface area (Å²) in [5, 5.41) is 4.63. The summed E-state index contributed by atoms with van der Waals surface area (Å²) >= 11 is 6.32. The van der Waals surface area contributed by atoms with Crippen molar-refractivity contribution in [3.05, 3.63) is 69.2 Å². The number of esters is 1. The summed E-state index contributed by atoms with van der Waals surface area (Å²) < 4.78 is 4.97. The van der Waals surface area contributed by atoms with Crippen LogP contribution in [-0.4, -0.2) is 42.1 Å². The van der Waals surface area contributed by atoms with Crippen LogP contribution in [0.15, 0.2) is 36.4 Å². The number of fused-ring (bicyclic) bond motifs is 2. The number of hydrogen-bond acceptors (Lipinski definition) is 6. The first kappa shape index (κ1) is 22.7. The summed E-state index contributed by atoms with van der Waals surface area (Å²) in [5.41, 5.74) is 0.328. The van der Waals surface area contributed by atoms with Crippen LogP contribution in [0.3, 0.4) is 0 Å². The maximum absolute atomic E-state index is 12.9. The standard InChI is InChI=1S/C24H21ClN2O6/c25-20-17(11-10-16-19(20)22(30)15-9-5-4-8-14(15)21(16)29)23(31)33-12-18(28)27-24(32)26-13-6-2-1-3-7-13/h4-5,8-11,13H,1-3,6-7,12H2,(H2,26,27,28,32). The lowest BCUT2D eigenvalue weighted by Crippen LogP contribution is -2.46. The number of amides is 3. The smallest absolute Gasteiger partial charge is 0.340 e. The third-order valence-corrected chi connectivity index (χ3v) is 6.17. The number of carbonyl (C=O) groups is 5. The fourth-order valence-corrected chi connectivity index (χ4v) is 4.47.